The minimum Gasteiger partial charge on any atom is -0.388 e. The molecule has 6 rings (SSSR count). The summed E-state index contributed by atoms with van der Waals surface area (Å²) >= 11 is 8.59. The number of hydrogen-bond donors (Lipinski definition) is 3. The first-order valence-electron chi connectivity index (χ1n) is 19.8. The number of piperidine rings is 1. The van der Waals surface area contributed by atoms with Crippen LogP contribution >= 0.6 is 47.1 Å². The zero-order valence-electron chi connectivity index (χ0n) is 33.5. The van der Waals surface area contributed by atoms with Gasteiger partial charge >= 0.3 is 5.51 Å². The normalized spacial score (nSPS) is 14.6. The molecule has 2 atom stereocenters. The predicted octanol–water partition coefficient (Wildman–Crippen LogP) is 11.5. The average molecular weight is 896 g/mol. The van der Waals surface area contributed by atoms with Gasteiger partial charge in [0.1, 0.15) is 0 Å². The van der Waals surface area contributed by atoms with Gasteiger partial charge in [-0.1, -0.05) is 66.2 Å². The molecule has 1 heterocycles. The van der Waals surface area contributed by atoms with Crippen molar-refractivity contribution >= 4 is 64.4 Å². The topological polar surface area (TPSA) is 77.1 Å². The molecule has 1 aliphatic heterocycles. The van der Waals surface area contributed by atoms with E-state index < -0.39 is 11.6 Å². The van der Waals surface area contributed by atoms with Crippen molar-refractivity contribution in [3.05, 3.63) is 137 Å². The number of thioether (sulfide) groups is 2. The number of rotatable bonds is 19. The van der Waals surface area contributed by atoms with Crippen LogP contribution in [0.4, 0.5) is 24.5 Å². The van der Waals surface area contributed by atoms with Gasteiger partial charge in [0, 0.05) is 75.2 Å². The lowest BCUT2D eigenvalue weighted by Crippen LogP contribution is -2.35. The quantitative estimate of drug-likeness (QED) is 0.0555. The molecule has 7 nitrogen and oxygen atoms in total. The summed E-state index contributed by atoms with van der Waals surface area (Å²) in [6.07, 6.45) is 1.71. The highest BCUT2D eigenvalue weighted by atomic mass is 35.5. The molecule has 1 fully saturated rings. The average Bonchev–Trinajstić information content (AvgIpc) is 3.26. The zero-order valence-corrected chi connectivity index (χ0v) is 36.7. The number of halogens is 4. The number of alkyl halides is 3. The third kappa shape index (κ3) is 13.6. The number of carbonyl (C=O) groups excluding carboxylic acids is 1. The lowest BCUT2D eigenvalue weighted by molar-refractivity contribution is -0.0328. The van der Waals surface area contributed by atoms with Crippen molar-refractivity contribution in [2.45, 2.75) is 51.6 Å². The van der Waals surface area contributed by atoms with Crippen molar-refractivity contribution < 1.29 is 27.8 Å². The van der Waals surface area contributed by atoms with Gasteiger partial charge in [0.2, 0.25) is 0 Å². The lowest BCUT2D eigenvalue weighted by atomic mass is 9.84. The molecule has 0 aromatic heterocycles. The molecule has 0 spiro atoms. The Morgan fingerprint density at radius 3 is 2.32 bits per heavy atom. The van der Waals surface area contributed by atoms with Gasteiger partial charge in [-0.25, -0.2) is 0 Å². The van der Waals surface area contributed by atoms with E-state index in [1.807, 2.05) is 98.0 Å². The molecule has 5 aromatic carbocycles. The number of likely N-dealkylation sites (N-methyl/N-ethyl adjacent to an activating group) is 1. The number of benzene rings is 5. The van der Waals surface area contributed by atoms with E-state index >= 15 is 0 Å². The second-order valence-corrected chi connectivity index (χ2v) is 18.2. The van der Waals surface area contributed by atoms with Crippen molar-refractivity contribution in [1.82, 2.24) is 9.62 Å². The SMILES string of the molecule is COCCN(C)CCC(CSc1ccccc1)Nc1ccc(SNC(=O)c2ccc(N3CCC(C(O)c4ccccc4-c4ccc(Cl)cc4)CC3)cc2)cc1SC(F)(F)F. The molecule has 0 saturated carbocycles. The third-order valence-electron chi connectivity index (χ3n) is 10.4. The van der Waals surface area contributed by atoms with Crippen LogP contribution in [0.3, 0.4) is 0 Å². The Morgan fingerprint density at radius 1 is 0.917 bits per heavy atom. The van der Waals surface area contributed by atoms with E-state index in [0.29, 0.717) is 39.9 Å². The number of anilines is 2. The Hall–Kier alpha value is -3.82. The number of methoxy groups -OCH3 is 1. The van der Waals surface area contributed by atoms with Crippen LogP contribution in [0.2, 0.25) is 5.02 Å². The maximum Gasteiger partial charge on any atom is 0.446 e. The molecule has 0 bridgehead atoms. The maximum atomic E-state index is 13.9. The maximum absolute atomic E-state index is 13.9. The molecule has 5 aromatic rings. The van der Waals surface area contributed by atoms with Crippen molar-refractivity contribution in [2.24, 2.45) is 5.92 Å². The van der Waals surface area contributed by atoms with Gasteiger partial charge < -0.3 is 25.0 Å². The first-order valence-corrected chi connectivity index (χ1v) is 22.8. The van der Waals surface area contributed by atoms with E-state index in [4.69, 9.17) is 16.3 Å². The van der Waals surface area contributed by atoms with Gasteiger partial charge in [-0.3, -0.25) is 9.52 Å². The van der Waals surface area contributed by atoms with Gasteiger partial charge in [-0.05, 0) is 146 Å². The second kappa shape index (κ2) is 22.3. The minimum atomic E-state index is -4.50. The molecule has 1 aliphatic rings. The Balaban J connectivity index is 1.05. The van der Waals surface area contributed by atoms with Crippen LogP contribution in [0.5, 0.6) is 0 Å². The monoisotopic (exact) mass is 894 g/mol. The van der Waals surface area contributed by atoms with E-state index in [9.17, 15) is 23.1 Å². The molecule has 1 amide bonds. The molecule has 14 heteroatoms. The molecule has 318 valence electrons. The smallest absolute Gasteiger partial charge is 0.388 e. The standard InChI is InChI=1S/C46H50ClF3N4O3S3/c1-53(28-29-57-2)25-24-36(31-58-38-8-4-3-5-9-38)51-42-21-20-39(30-43(42)59-46(48,49)50)60-52-45(56)34-14-18-37(19-15-34)54-26-22-33(23-27-54)44(55)41-11-7-6-10-40(41)32-12-16-35(47)17-13-32/h3-21,30,33,36,44,51,55H,22-29,31H2,1-2H3,(H,52,56). The van der Waals surface area contributed by atoms with Crippen molar-refractivity contribution in [2.75, 3.05) is 62.9 Å². The second-order valence-electron chi connectivity index (χ2n) is 14.7. The molecular formula is C46H50ClF3N4O3S3. The van der Waals surface area contributed by atoms with E-state index in [1.54, 1.807) is 43.1 Å². The van der Waals surface area contributed by atoms with Crippen molar-refractivity contribution in [3.8, 4) is 11.1 Å². The summed E-state index contributed by atoms with van der Waals surface area (Å²) in [6, 6.07) is 37.6. The highest BCUT2D eigenvalue weighted by Gasteiger charge is 2.31. The molecule has 1 saturated heterocycles. The Morgan fingerprint density at radius 2 is 1.62 bits per heavy atom. The number of ether oxygens (including phenoxy) is 1. The number of amides is 1. The first kappa shape index (κ1) is 45.7. The highest BCUT2D eigenvalue weighted by Crippen LogP contribution is 2.43. The fourth-order valence-electron chi connectivity index (χ4n) is 7.12. The molecule has 0 radical (unpaired) electrons. The summed E-state index contributed by atoms with van der Waals surface area (Å²) in [4.78, 5) is 19.2. The summed E-state index contributed by atoms with van der Waals surface area (Å²) in [5.41, 5.74) is 0.223. The van der Waals surface area contributed by atoms with Crippen LogP contribution in [0, 0.1) is 5.92 Å². The van der Waals surface area contributed by atoms with Crippen molar-refractivity contribution in [3.63, 3.8) is 0 Å². The summed E-state index contributed by atoms with van der Waals surface area (Å²) in [5.74, 6) is 0.400. The Bertz CT molecular complexity index is 2110. The van der Waals surface area contributed by atoms with Crippen LogP contribution in [0.25, 0.3) is 11.1 Å². The van der Waals surface area contributed by atoms with Gasteiger partial charge in [-0.15, -0.1) is 11.8 Å². The van der Waals surface area contributed by atoms with Crippen LogP contribution in [-0.2, 0) is 4.74 Å². The summed E-state index contributed by atoms with van der Waals surface area (Å²) < 4.78 is 49.6. The molecule has 0 aliphatic carbocycles. The number of aliphatic hydroxyl groups excluding tert-OH is 1. The van der Waals surface area contributed by atoms with E-state index in [1.165, 1.54) is 6.07 Å². The summed E-state index contributed by atoms with van der Waals surface area (Å²) in [7, 11) is 3.66. The van der Waals surface area contributed by atoms with Crippen LogP contribution in [-0.4, -0.2) is 80.2 Å². The lowest BCUT2D eigenvalue weighted by Gasteiger charge is -2.36. The van der Waals surface area contributed by atoms with Crippen LogP contribution in [0.1, 0.15) is 41.3 Å². The minimum absolute atomic E-state index is 0.0376. The van der Waals surface area contributed by atoms with Gasteiger partial charge in [-0.2, -0.15) is 13.2 Å². The van der Waals surface area contributed by atoms with Gasteiger partial charge in [0.15, 0.2) is 0 Å². The van der Waals surface area contributed by atoms with Crippen LogP contribution < -0.4 is 14.9 Å². The number of carbonyl (C=O) groups is 1. The number of nitrogens with one attached hydrogen (secondary N) is 2. The van der Waals surface area contributed by atoms with Crippen molar-refractivity contribution in [1.29, 1.82) is 0 Å². The molecular weight excluding hydrogens is 845 g/mol. The highest BCUT2D eigenvalue weighted by molar-refractivity contribution is 8.00. The molecule has 60 heavy (non-hydrogen) atoms. The van der Waals surface area contributed by atoms with Gasteiger partial charge in [0.25, 0.3) is 5.91 Å². The van der Waals surface area contributed by atoms with Gasteiger partial charge in [0.05, 0.1) is 12.7 Å². The fraction of sp³-hybridized carbons (Fsp3) is 0.326. The largest absolute Gasteiger partial charge is 0.446 e. The fourth-order valence-corrected chi connectivity index (χ4v) is 9.63. The van der Waals surface area contributed by atoms with Crippen LogP contribution in [0.15, 0.2) is 136 Å². The first-order chi connectivity index (χ1) is 29.0. The zero-order chi connectivity index (χ0) is 42.5. The number of nitrogens with zero attached hydrogens (tertiary/aromatic N) is 2. The Labute approximate surface area is 368 Å². The van der Waals surface area contributed by atoms with E-state index in [2.05, 4.69) is 19.8 Å². The molecule has 3 N–H and O–H groups in total. The summed E-state index contributed by atoms with van der Waals surface area (Å²) in [6.45, 7) is 3.60. The summed E-state index contributed by atoms with van der Waals surface area (Å²) in [5, 5.41) is 15.6. The molecule has 2 unspecified atom stereocenters. The van der Waals surface area contributed by atoms with E-state index in [0.717, 1.165) is 78.2 Å². The third-order valence-corrected chi connectivity index (χ3v) is 13.4. The number of aliphatic hydroxyl groups is 1. The Kier molecular flexibility index (Phi) is 17.0. The number of hydrogen-bond acceptors (Lipinski definition) is 9. The predicted molar refractivity (Wildman–Crippen MR) is 243 cm³/mol. The van der Waals surface area contributed by atoms with E-state index in [-0.39, 0.29) is 34.5 Å².